The lowest BCUT2D eigenvalue weighted by Gasteiger charge is -2.15. The van der Waals surface area contributed by atoms with Gasteiger partial charge in [0.1, 0.15) is 17.3 Å². The lowest BCUT2D eigenvalue weighted by Crippen LogP contribution is -2.15. The third-order valence-corrected chi connectivity index (χ3v) is 5.74. The molecule has 0 amide bonds. The van der Waals surface area contributed by atoms with Gasteiger partial charge in [-0.05, 0) is 86.5 Å². The van der Waals surface area contributed by atoms with E-state index in [0.29, 0.717) is 40.2 Å². The number of phenols is 1. The third-order valence-electron chi connectivity index (χ3n) is 5.74. The van der Waals surface area contributed by atoms with E-state index in [1.807, 2.05) is 77.9 Å². The number of nitrogens with zero attached hydrogens (tertiary/aromatic N) is 6. The molecule has 4 aromatic rings. The van der Waals surface area contributed by atoms with Gasteiger partial charge >= 0.3 is 0 Å². The second kappa shape index (κ2) is 9.17. The van der Waals surface area contributed by atoms with Gasteiger partial charge in [-0.25, -0.2) is 0 Å². The summed E-state index contributed by atoms with van der Waals surface area (Å²) in [5.41, 5.74) is 12.6. The number of aryl methyl sites for hydroxylation is 5. The number of rotatable bonds is 5. The monoisotopic (exact) mass is 470 g/mol. The van der Waals surface area contributed by atoms with Crippen molar-refractivity contribution >= 4 is 45.4 Å². The fourth-order valence-corrected chi connectivity index (χ4v) is 4.04. The number of aromatic hydroxyl groups is 1. The van der Waals surface area contributed by atoms with Crippen LogP contribution in [0.1, 0.15) is 28.1 Å². The zero-order chi connectivity index (χ0) is 25.4. The number of phenolic OH excluding ortho intramolecular Hbond substituents is 1. The van der Waals surface area contributed by atoms with Gasteiger partial charge in [-0.2, -0.15) is 20.1 Å². The predicted molar refractivity (Wildman–Crippen MR) is 142 cm³/mol. The van der Waals surface area contributed by atoms with E-state index in [1.54, 1.807) is 6.07 Å². The molecule has 4 N–H and O–H groups in total. The van der Waals surface area contributed by atoms with Gasteiger partial charge in [0.05, 0.1) is 16.8 Å². The van der Waals surface area contributed by atoms with Crippen LogP contribution >= 0.6 is 0 Å². The number of azo groups is 1. The molecule has 0 aliphatic rings. The highest BCUT2D eigenvalue weighted by atomic mass is 16.3. The summed E-state index contributed by atoms with van der Waals surface area (Å²) in [4.78, 5) is 15.1. The van der Waals surface area contributed by atoms with Crippen LogP contribution in [0.25, 0.3) is 10.8 Å². The topological polar surface area (TPSA) is 125 Å². The number of nitrogens with one attached hydrogen (secondary N) is 1. The fourth-order valence-electron chi connectivity index (χ4n) is 4.04. The molecule has 0 saturated carbocycles. The Balaban J connectivity index is 1.71. The van der Waals surface area contributed by atoms with Gasteiger partial charge in [-0.1, -0.05) is 6.07 Å². The Morgan fingerprint density at radius 1 is 0.857 bits per heavy atom. The minimum Gasteiger partial charge on any atom is -0.507 e. The molecule has 0 aliphatic heterocycles. The van der Waals surface area contributed by atoms with E-state index in [-0.39, 0.29) is 5.75 Å². The van der Waals surface area contributed by atoms with E-state index in [2.05, 4.69) is 30.5 Å². The zero-order valence-electron chi connectivity index (χ0n) is 21.1. The Hall–Kier alpha value is -4.27. The second-order valence-corrected chi connectivity index (χ2v) is 9.02. The SMILES string of the molecule is Cc1cc(O)c2c(N=Nc3cc(C)c(Nc4nc(C)nc(N(C)C)n4)c(C)c3)c(N)c(C)cc2c1. The Morgan fingerprint density at radius 3 is 2.20 bits per heavy atom. The summed E-state index contributed by atoms with van der Waals surface area (Å²) in [5.74, 6) is 1.83. The minimum atomic E-state index is 0.136. The molecule has 180 valence electrons. The van der Waals surface area contributed by atoms with Crippen LogP contribution in [-0.2, 0) is 0 Å². The fraction of sp³-hybridized carbons (Fsp3) is 0.269. The van der Waals surface area contributed by atoms with Crippen molar-refractivity contribution in [2.75, 3.05) is 30.0 Å². The molecular formula is C26H30N8O. The molecule has 0 bridgehead atoms. The van der Waals surface area contributed by atoms with Gasteiger partial charge in [-0.3, -0.25) is 0 Å². The molecule has 9 nitrogen and oxygen atoms in total. The van der Waals surface area contributed by atoms with Gasteiger partial charge in [0.25, 0.3) is 0 Å². The molecule has 1 aromatic heterocycles. The van der Waals surface area contributed by atoms with Gasteiger partial charge in [0, 0.05) is 19.8 Å². The largest absolute Gasteiger partial charge is 0.507 e. The molecule has 4 rings (SSSR count). The second-order valence-electron chi connectivity index (χ2n) is 9.02. The molecule has 0 atom stereocenters. The van der Waals surface area contributed by atoms with Crippen LogP contribution in [0, 0.1) is 34.6 Å². The average molecular weight is 471 g/mol. The van der Waals surface area contributed by atoms with Crippen LogP contribution < -0.4 is 16.0 Å². The van der Waals surface area contributed by atoms with Crippen molar-refractivity contribution in [2.24, 2.45) is 10.2 Å². The molecule has 0 fully saturated rings. The normalized spacial score (nSPS) is 11.4. The quantitative estimate of drug-likeness (QED) is 0.238. The number of benzene rings is 3. The molecule has 0 unspecified atom stereocenters. The molecule has 0 spiro atoms. The molecule has 0 saturated heterocycles. The highest BCUT2D eigenvalue weighted by Crippen LogP contribution is 2.41. The van der Waals surface area contributed by atoms with Crippen LogP contribution in [0.4, 0.5) is 34.6 Å². The molecular weight excluding hydrogens is 440 g/mol. The molecule has 0 radical (unpaired) electrons. The Bertz CT molecular complexity index is 1450. The molecule has 3 aromatic carbocycles. The van der Waals surface area contributed by atoms with E-state index >= 15 is 0 Å². The standard InChI is InChI=1S/C26H30N8O/c1-13-8-18-10-14(2)22(27)24(21(18)20(35)9-13)33-32-19-11-15(3)23(16(4)12-19)30-25-28-17(5)29-26(31-25)34(6)7/h8-12,35H,27H2,1-7H3,(H,28,29,30,31). The number of aromatic nitrogens is 3. The Kier molecular flexibility index (Phi) is 6.26. The van der Waals surface area contributed by atoms with Gasteiger partial charge in [-0.15, -0.1) is 5.11 Å². The molecule has 1 heterocycles. The molecule has 0 aliphatic carbocycles. The van der Waals surface area contributed by atoms with Crippen LogP contribution in [0.15, 0.2) is 40.6 Å². The summed E-state index contributed by atoms with van der Waals surface area (Å²) in [6, 6.07) is 9.51. The highest BCUT2D eigenvalue weighted by Gasteiger charge is 2.14. The number of anilines is 4. The maximum atomic E-state index is 10.6. The summed E-state index contributed by atoms with van der Waals surface area (Å²) in [5, 5.41) is 24.3. The maximum Gasteiger partial charge on any atom is 0.232 e. The summed E-state index contributed by atoms with van der Waals surface area (Å²) in [6.07, 6.45) is 0. The number of fused-ring (bicyclic) bond motifs is 1. The highest BCUT2D eigenvalue weighted by molar-refractivity contribution is 6.03. The first-order valence-electron chi connectivity index (χ1n) is 11.3. The van der Waals surface area contributed by atoms with Crippen LogP contribution in [0.3, 0.4) is 0 Å². The maximum absolute atomic E-state index is 10.6. The van der Waals surface area contributed by atoms with Crippen LogP contribution in [-0.4, -0.2) is 34.2 Å². The predicted octanol–water partition coefficient (Wildman–Crippen LogP) is 6.08. The Labute approximate surface area is 204 Å². The zero-order valence-corrected chi connectivity index (χ0v) is 21.1. The smallest absolute Gasteiger partial charge is 0.232 e. The minimum absolute atomic E-state index is 0.136. The first-order chi connectivity index (χ1) is 16.5. The van der Waals surface area contributed by atoms with E-state index in [9.17, 15) is 5.11 Å². The number of nitrogen functional groups attached to an aromatic ring is 1. The number of hydrogen-bond donors (Lipinski definition) is 3. The van der Waals surface area contributed by atoms with Crippen molar-refractivity contribution in [1.29, 1.82) is 0 Å². The number of hydrogen-bond acceptors (Lipinski definition) is 9. The first kappa shape index (κ1) is 23.9. The van der Waals surface area contributed by atoms with Crippen molar-refractivity contribution < 1.29 is 5.11 Å². The summed E-state index contributed by atoms with van der Waals surface area (Å²) in [6.45, 7) is 9.67. The Morgan fingerprint density at radius 2 is 1.54 bits per heavy atom. The summed E-state index contributed by atoms with van der Waals surface area (Å²) < 4.78 is 0. The van der Waals surface area contributed by atoms with E-state index in [0.717, 1.165) is 33.3 Å². The van der Waals surface area contributed by atoms with Crippen molar-refractivity contribution in [3.8, 4) is 5.75 Å². The van der Waals surface area contributed by atoms with Gasteiger partial charge in [0.15, 0.2) is 0 Å². The molecule has 9 heteroatoms. The average Bonchev–Trinajstić information content (AvgIpc) is 2.76. The van der Waals surface area contributed by atoms with Crippen LogP contribution in [0.5, 0.6) is 5.75 Å². The molecule has 35 heavy (non-hydrogen) atoms. The van der Waals surface area contributed by atoms with E-state index in [4.69, 9.17) is 5.73 Å². The third kappa shape index (κ3) is 4.84. The number of nitrogens with two attached hydrogens (primary N) is 1. The van der Waals surface area contributed by atoms with E-state index in [1.165, 1.54) is 0 Å². The summed E-state index contributed by atoms with van der Waals surface area (Å²) in [7, 11) is 3.78. The van der Waals surface area contributed by atoms with Gasteiger partial charge < -0.3 is 21.1 Å². The first-order valence-corrected chi connectivity index (χ1v) is 11.3. The lowest BCUT2D eigenvalue weighted by atomic mass is 10.0. The van der Waals surface area contributed by atoms with Crippen molar-refractivity contribution in [3.63, 3.8) is 0 Å². The summed E-state index contributed by atoms with van der Waals surface area (Å²) >= 11 is 0. The van der Waals surface area contributed by atoms with Crippen LogP contribution in [0.2, 0.25) is 0 Å². The van der Waals surface area contributed by atoms with Crippen molar-refractivity contribution in [2.45, 2.75) is 34.6 Å². The van der Waals surface area contributed by atoms with Gasteiger partial charge in [0.2, 0.25) is 11.9 Å². The van der Waals surface area contributed by atoms with Crippen molar-refractivity contribution in [3.05, 3.63) is 58.4 Å². The van der Waals surface area contributed by atoms with E-state index < -0.39 is 0 Å². The van der Waals surface area contributed by atoms with Crippen molar-refractivity contribution in [1.82, 2.24) is 15.0 Å². The lowest BCUT2D eigenvalue weighted by molar-refractivity contribution is 0.481.